The van der Waals surface area contributed by atoms with E-state index in [1.165, 1.54) is 19.9 Å². The molecule has 0 amide bonds. The second-order valence-corrected chi connectivity index (χ2v) is 3.07. The van der Waals surface area contributed by atoms with Crippen LogP contribution >= 0.6 is 0 Å². The Balaban J connectivity index is -0.000000163. The van der Waals surface area contributed by atoms with E-state index in [0.29, 0.717) is 5.70 Å². The van der Waals surface area contributed by atoms with Crippen LogP contribution in [0.15, 0.2) is 11.8 Å². The fraction of sp³-hybridized carbons (Fsp3) is 0.444. The van der Waals surface area contributed by atoms with Gasteiger partial charge in [-0.05, 0) is 19.9 Å². The third-order valence-electron chi connectivity index (χ3n) is 1.50. The molecule has 0 fully saturated rings. The summed E-state index contributed by atoms with van der Waals surface area (Å²) in [7, 11) is 0. The van der Waals surface area contributed by atoms with Gasteiger partial charge in [0.2, 0.25) is 0 Å². The van der Waals surface area contributed by atoms with Gasteiger partial charge in [0.05, 0.1) is 6.42 Å². The fourth-order valence-electron chi connectivity index (χ4n) is 0.996. The van der Waals surface area contributed by atoms with Crippen molar-refractivity contribution in [2.45, 2.75) is 26.3 Å². The summed E-state index contributed by atoms with van der Waals surface area (Å²) < 4.78 is 0. The zero-order valence-corrected chi connectivity index (χ0v) is 16.7. The molecule has 0 saturated carbocycles. The van der Waals surface area contributed by atoms with Crippen LogP contribution in [0.1, 0.15) is 23.1 Å². The summed E-state index contributed by atoms with van der Waals surface area (Å²) in [5, 5.41) is 19.5. The molecule has 0 saturated heterocycles. The summed E-state index contributed by atoms with van der Waals surface area (Å²) in [6.45, 7) is 2.82. The molecule has 17 heavy (non-hydrogen) atoms. The summed E-state index contributed by atoms with van der Waals surface area (Å²) >= 11 is 0. The van der Waals surface area contributed by atoms with Gasteiger partial charge in [0.15, 0.2) is 5.78 Å². The number of hydrogen-bond acceptors (Lipinski definition) is 4. The molecule has 8 heteroatoms. The Morgan fingerprint density at radius 3 is 2.00 bits per heavy atom. The Hall–Kier alpha value is 1.42. The molecular weight excluding hydrogens is 280 g/mol. The van der Waals surface area contributed by atoms with Crippen molar-refractivity contribution in [3.05, 3.63) is 11.8 Å². The predicted molar refractivity (Wildman–Crippen MR) is 53.5 cm³/mol. The third kappa shape index (κ3) is 13.7. The minimum atomic E-state index is -1.27. The third-order valence-corrected chi connectivity index (χ3v) is 1.50. The molecule has 0 unspecified atom stereocenters. The largest absolute Gasteiger partial charge is 1.00 e. The quantitative estimate of drug-likeness (QED) is 0.333. The standard InChI is InChI=1S/C9H13NO5.2K.2H/c1-5(3-6(2)11)10-7(9(14)15)4-8(12)13;;;;/h3,7,10H,4H2,1-2H3,(H,12,13)(H,14,15);;;;/q;2*+1;2*-1/b5-3+;;;;/t7-;;;;/m0..../s1. The van der Waals surface area contributed by atoms with Gasteiger partial charge in [0, 0.05) is 5.70 Å². The number of carbonyl (C=O) groups is 3. The van der Waals surface area contributed by atoms with Gasteiger partial charge in [-0.3, -0.25) is 9.59 Å². The van der Waals surface area contributed by atoms with Crippen molar-refractivity contribution in [2.24, 2.45) is 0 Å². The molecule has 6 nitrogen and oxygen atoms in total. The zero-order valence-electron chi connectivity index (χ0n) is 12.5. The maximum atomic E-state index is 10.6. The van der Waals surface area contributed by atoms with E-state index in [1.54, 1.807) is 0 Å². The van der Waals surface area contributed by atoms with E-state index in [1.807, 2.05) is 0 Å². The summed E-state index contributed by atoms with van der Waals surface area (Å²) in [4.78, 5) is 31.6. The van der Waals surface area contributed by atoms with E-state index >= 15 is 0 Å². The molecule has 0 aliphatic rings. The van der Waals surface area contributed by atoms with Crippen molar-refractivity contribution in [1.29, 1.82) is 0 Å². The Morgan fingerprint density at radius 1 is 1.24 bits per heavy atom. The molecule has 0 radical (unpaired) electrons. The number of rotatable bonds is 6. The van der Waals surface area contributed by atoms with Crippen molar-refractivity contribution in [3.63, 3.8) is 0 Å². The van der Waals surface area contributed by atoms with Crippen LogP contribution in [0.4, 0.5) is 0 Å². The van der Waals surface area contributed by atoms with E-state index in [2.05, 4.69) is 5.32 Å². The van der Waals surface area contributed by atoms with Crippen LogP contribution in [0.5, 0.6) is 0 Å². The number of ketones is 1. The molecule has 1 atom stereocenters. The number of carbonyl (C=O) groups excluding carboxylic acids is 1. The maximum absolute atomic E-state index is 10.6. The van der Waals surface area contributed by atoms with Gasteiger partial charge < -0.3 is 18.4 Å². The number of hydrogen-bond donors (Lipinski definition) is 3. The second-order valence-electron chi connectivity index (χ2n) is 3.07. The molecule has 0 aromatic rings. The van der Waals surface area contributed by atoms with E-state index in [4.69, 9.17) is 10.2 Å². The summed E-state index contributed by atoms with van der Waals surface area (Å²) in [5.41, 5.74) is 0.330. The number of allylic oxidation sites excluding steroid dienone is 2. The van der Waals surface area contributed by atoms with Gasteiger partial charge in [-0.15, -0.1) is 0 Å². The molecule has 88 valence electrons. The molecule has 3 N–H and O–H groups in total. The van der Waals surface area contributed by atoms with Crippen molar-refractivity contribution in [1.82, 2.24) is 5.32 Å². The Kier molecular flexibility index (Phi) is 17.2. The summed E-state index contributed by atoms with van der Waals surface area (Å²) in [6.07, 6.45) is 0.663. The van der Waals surface area contributed by atoms with Gasteiger partial charge in [0.1, 0.15) is 6.04 Å². The number of carboxylic acids is 2. The van der Waals surface area contributed by atoms with Crippen LogP contribution in [-0.2, 0) is 14.4 Å². The van der Waals surface area contributed by atoms with E-state index in [-0.39, 0.29) is 111 Å². The van der Waals surface area contributed by atoms with Crippen LogP contribution in [-0.4, -0.2) is 34.0 Å². The topological polar surface area (TPSA) is 104 Å². The Labute approximate surface area is 187 Å². The number of carboxylic acid groups (broad SMARTS) is 2. The zero-order chi connectivity index (χ0) is 12.0. The van der Waals surface area contributed by atoms with Gasteiger partial charge >= 0.3 is 115 Å². The van der Waals surface area contributed by atoms with Crippen LogP contribution in [0.3, 0.4) is 0 Å². The fourth-order valence-corrected chi connectivity index (χ4v) is 0.996. The Bertz CT molecular complexity index is 326. The van der Waals surface area contributed by atoms with Gasteiger partial charge in [0.25, 0.3) is 0 Å². The molecule has 0 aromatic heterocycles. The van der Waals surface area contributed by atoms with Gasteiger partial charge in [-0.1, -0.05) is 0 Å². The molecule has 0 spiro atoms. The maximum Gasteiger partial charge on any atom is 1.00 e. The van der Waals surface area contributed by atoms with Crippen LogP contribution in [0.25, 0.3) is 0 Å². The van der Waals surface area contributed by atoms with Crippen LogP contribution < -0.4 is 108 Å². The van der Waals surface area contributed by atoms with E-state index < -0.39 is 24.4 Å². The Morgan fingerprint density at radius 2 is 1.71 bits per heavy atom. The van der Waals surface area contributed by atoms with Crippen molar-refractivity contribution in [2.75, 3.05) is 0 Å². The first-order chi connectivity index (χ1) is 6.82. The summed E-state index contributed by atoms with van der Waals surface area (Å²) in [5.74, 6) is -2.72. The number of nitrogens with one attached hydrogen (secondary N) is 1. The molecule has 0 aromatic carbocycles. The molecule has 0 rings (SSSR count). The monoisotopic (exact) mass is 295 g/mol. The second kappa shape index (κ2) is 12.5. The van der Waals surface area contributed by atoms with Crippen molar-refractivity contribution < 1.29 is 130 Å². The smallest absolute Gasteiger partial charge is 1.00 e. The molecule has 0 heterocycles. The normalized spacial score (nSPS) is 11.5. The molecule has 0 aliphatic carbocycles. The number of aliphatic carboxylic acids is 2. The first kappa shape index (κ1) is 23.5. The van der Waals surface area contributed by atoms with E-state index in [0.717, 1.165) is 0 Å². The first-order valence-corrected chi connectivity index (χ1v) is 4.23. The van der Waals surface area contributed by atoms with Crippen LogP contribution in [0, 0.1) is 0 Å². The molecule has 0 aliphatic heterocycles. The SMILES string of the molecule is CC(=O)/C=C(\C)N[C@@H](CC(=O)O)C(=O)O.[H-].[H-].[K+].[K+]. The van der Waals surface area contributed by atoms with Gasteiger partial charge in [-0.2, -0.15) is 0 Å². The van der Waals surface area contributed by atoms with Crippen LogP contribution in [0.2, 0.25) is 0 Å². The van der Waals surface area contributed by atoms with Crippen molar-refractivity contribution in [3.8, 4) is 0 Å². The predicted octanol–water partition coefficient (Wildman–Crippen LogP) is -5.77. The average Bonchev–Trinajstić information content (AvgIpc) is 1.99. The van der Waals surface area contributed by atoms with Gasteiger partial charge in [-0.25, -0.2) is 4.79 Å². The molecular formula is C9H15K2NO5. The first-order valence-electron chi connectivity index (χ1n) is 4.23. The van der Waals surface area contributed by atoms with E-state index in [9.17, 15) is 14.4 Å². The minimum Gasteiger partial charge on any atom is -1.00 e. The average molecular weight is 295 g/mol. The summed E-state index contributed by atoms with van der Waals surface area (Å²) in [6, 6.07) is -1.22. The minimum absolute atomic E-state index is 0. The molecule has 0 bridgehead atoms. The van der Waals surface area contributed by atoms with Crippen molar-refractivity contribution >= 4 is 17.7 Å².